The lowest BCUT2D eigenvalue weighted by molar-refractivity contribution is -0.117. The predicted molar refractivity (Wildman–Crippen MR) is 153 cm³/mol. The number of nitrogens with one attached hydrogen (secondary N) is 1. The van der Waals surface area contributed by atoms with Crippen molar-refractivity contribution in [3.63, 3.8) is 0 Å². The number of ketones is 1. The summed E-state index contributed by atoms with van der Waals surface area (Å²) in [5.74, 6) is 0.743. The molecule has 2 atom stereocenters. The van der Waals surface area contributed by atoms with Crippen LogP contribution in [0.25, 0.3) is 0 Å². The normalized spacial score (nSPS) is 18.7. The Hall–Kier alpha value is -4.06. The minimum Gasteiger partial charge on any atom is -0.497 e. The molecule has 0 aromatic heterocycles. The fraction of sp³-hybridized carbons (Fsp3) is 0.312. The van der Waals surface area contributed by atoms with E-state index in [-0.39, 0.29) is 17.6 Å². The Labute approximate surface area is 224 Å². The number of ether oxygens (including phenoxy) is 1. The molecule has 0 radical (unpaired) electrons. The van der Waals surface area contributed by atoms with Gasteiger partial charge in [0.05, 0.1) is 24.5 Å². The molecule has 1 aliphatic carbocycles. The standard InChI is InChI=1S/C32H35N3O3/c1-5-34(6-2)25-15-11-22(12-16-25)24-19-28-31(30(37)20-24)32(23-13-17-26(38-4)18-14-23)35(21(3)36)29-10-8-7-9-27(29)33-28/h7-18,24,32-33H,5-6,19-20H2,1-4H3/t24-,32-/m1/s1. The molecule has 1 aliphatic heterocycles. The molecule has 6 heteroatoms. The summed E-state index contributed by atoms with van der Waals surface area (Å²) < 4.78 is 5.37. The Morgan fingerprint density at radius 1 is 0.947 bits per heavy atom. The first-order valence-electron chi connectivity index (χ1n) is 13.4. The molecule has 3 aromatic rings. The number of anilines is 3. The monoisotopic (exact) mass is 509 g/mol. The fourth-order valence-electron chi connectivity index (χ4n) is 5.82. The van der Waals surface area contributed by atoms with Crippen molar-refractivity contribution in [2.75, 3.05) is 35.3 Å². The lowest BCUT2D eigenvalue weighted by Gasteiger charge is -2.34. The van der Waals surface area contributed by atoms with Gasteiger partial charge in [-0.05, 0) is 73.7 Å². The molecule has 1 heterocycles. The SMILES string of the molecule is CCN(CC)c1ccc([C@H]2CC(=O)C3=C(C2)Nc2ccccc2N(C(C)=O)[C@@H]3c2ccc(OC)cc2)cc1. The van der Waals surface area contributed by atoms with Gasteiger partial charge in [0.25, 0.3) is 0 Å². The van der Waals surface area contributed by atoms with E-state index in [1.165, 1.54) is 5.69 Å². The van der Waals surface area contributed by atoms with Crippen LogP contribution in [-0.4, -0.2) is 31.9 Å². The smallest absolute Gasteiger partial charge is 0.224 e. The molecule has 2 aliphatic rings. The average molecular weight is 510 g/mol. The second-order valence-electron chi connectivity index (χ2n) is 9.89. The van der Waals surface area contributed by atoms with Gasteiger partial charge in [-0.3, -0.25) is 14.5 Å². The van der Waals surface area contributed by atoms with Crippen molar-refractivity contribution < 1.29 is 14.3 Å². The number of hydrogen-bond acceptors (Lipinski definition) is 5. The van der Waals surface area contributed by atoms with Gasteiger partial charge in [-0.25, -0.2) is 0 Å². The number of para-hydroxylation sites is 2. The van der Waals surface area contributed by atoms with Gasteiger partial charge in [0.1, 0.15) is 5.75 Å². The number of allylic oxidation sites excluding steroid dienone is 1. The van der Waals surface area contributed by atoms with E-state index < -0.39 is 6.04 Å². The van der Waals surface area contributed by atoms with Crippen LogP contribution in [0.4, 0.5) is 17.1 Å². The number of carbonyl (C=O) groups excluding carboxylic acids is 2. The predicted octanol–water partition coefficient (Wildman–Crippen LogP) is 6.46. The van der Waals surface area contributed by atoms with Gasteiger partial charge in [0, 0.05) is 43.4 Å². The number of amides is 1. The van der Waals surface area contributed by atoms with E-state index in [9.17, 15) is 9.59 Å². The van der Waals surface area contributed by atoms with Crippen LogP contribution in [0.2, 0.25) is 0 Å². The van der Waals surface area contributed by atoms with E-state index in [1.54, 1.807) is 18.9 Å². The first-order chi connectivity index (χ1) is 18.4. The zero-order valence-corrected chi connectivity index (χ0v) is 22.5. The maximum atomic E-state index is 14.0. The molecule has 1 N–H and O–H groups in total. The van der Waals surface area contributed by atoms with Gasteiger partial charge in [-0.15, -0.1) is 0 Å². The Morgan fingerprint density at radius 3 is 2.24 bits per heavy atom. The summed E-state index contributed by atoms with van der Waals surface area (Å²) in [5.41, 5.74) is 6.37. The largest absolute Gasteiger partial charge is 0.497 e. The topological polar surface area (TPSA) is 61.9 Å². The molecule has 5 rings (SSSR count). The Balaban J connectivity index is 1.59. The van der Waals surface area contributed by atoms with Gasteiger partial charge >= 0.3 is 0 Å². The van der Waals surface area contributed by atoms with Crippen molar-refractivity contribution in [2.45, 2.75) is 45.6 Å². The second kappa shape index (κ2) is 10.7. The van der Waals surface area contributed by atoms with Crippen LogP contribution in [0.3, 0.4) is 0 Å². The highest BCUT2D eigenvalue weighted by Crippen LogP contribution is 2.47. The van der Waals surface area contributed by atoms with Crippen molar-refractivity contribution in [2.24, 2.45) is 0 Å². The van der Waals surface area contributed by atoms with E-state index in [1.807, 2.05) is 48.5 Å². The van der Waals surface area contributed by atoms with Crippen LogP contribution in [-0.2, 0) is 9.59 Å². The van der Waals surface area contributed by atoms with E-state index in [4.69, 9.17) is 4.74 Å². The number of carbonyl (C=O) groups is 2. The quantitative estimate of drug-likeness (QED) is 0.413. The molecule has 6 nitrogen and oxygen atoms in total. The Kier molecular flexibility index (Phi) is 7.23. The summed E-state index contributed by atoms with van der Waals surface area (Å²) in [6.07, 6.45) is 1.10. The molecule has 3 aromatic carbocycles. The minimum absolute atomic E-state index is 0.0621. The van der Waals surface area contributed by atoms with Crippen LogP contribution in [0.15, 0.2) is 84.1 Å². The van der Waals surface area contributed by atoms with Crippen molar-refractivity contribution in [1.29, 1.82) is 0 Å². The summed E-state index contributed by atoms with van der Waals surface area (Å²) in [7, 11) is 1.63. The zero-order chi connectivity index (χ0) is 26.8. The van der Waals surface area contributed by atoms with Crippen molar-refractivity contribution in [3.05, 3.63) is 95.2 Å². The van der Waals surface area contributed by atoms with Crippen molar-refractivity contribution in [1.82, 2.24) is 0 Å². The molecule has 0 saturated carbocycles. The second-order valence-corrected chi connectivity index (χ2v) is 9.89. The lowest BCUT2D eigenvalue weighted by Crippen LogP contribution is -2.37. The van der Waals surface area contributed by atoms with E-state index in [0.717, 1.165) is 47.0 Å². The Bertz CT molecular complexity index is 1360. The first kappa shape index (κ1) is 25.6. The maximum absolute atomic E-state index is 14.0. The summed E-state index contributed by atoms with van der Waals surface area (Å²) >= 11 is 0. The fourth-order valence-corrected chi connectivity index (χ4v) is 5.82. The highest BCUT2D eigenvalue weighted by Gasteiger charge is 2.40. The average Bonchev–Trinajstić information content (AvgIpc) is 3.09. The molecule has 0 fully saturated rings. The summed E-state index contributed by atoms with van der Waals surface area (Å²) in [5, 5.41) is 3.58. The third-order valence-corrected chi connectivity index (χ3v) is 7.75. The number of hydrogen-bond donors (Lipinski definition) is 1. The molecule has 0 saturated heterocycles. The van der Waals surface area contributed by atoms with Gasteiger partial charge in [-0.2, -0.15) is 0 Å². The van der Waals surface area contributed by atoms with Gasteiger partial charge in [0.2, 0.25) is 5.91 Å². The van der Waals surface area contributed by atoms with Crippen LogP contribution in [0, 0.1) is 0 Å². The highest BCUT2D eigenvalue weighted by molar-refractivity contribution is 6.06. The maximum Gasteiger partial charge on any atom is 0.224 e. The van der Waals surface area contributed by atoms with Gasteiger partial charge in [-0.1, -0.05) is 36.4 Å². The van der Waals surface area contributed by atoms with E-state index in [2.05, 4.69) is 48.3 Å². The number of Topliss-reactive ketones (excluding diaryl/α,β-unsaturated/α-hetero) is 1. The van der Waals surface area contributed by atoms with Crippen LogP contribution < -0.4 is 19.9 Å². The lowest BCUT2D eigenvalue weighted by atomic mass is 9.78. The number of fused-ring (bicyclic) bond motifs is 1. The molecule has 196 valence electrons. The molecule has 0 bridgehead atoms. The zero-order valence-electron chi connectivity index (χ0n) is 22.5. The summed E-state index contributed by atoms with van der Waals surface area (Å²) in [4.78, 5) is 31.2. The van der Waals surface area contributed by atoms with E-state index >= 15 is 0 Å². The molecule has 1 amide bonds. The molecular formula is C32H35N3O3. The van der Waals surface area contributed by atoms with Gasteiger partial charge < -0.3 is 15.0 Å². The number of nitrogens with zero attached hydrogens (tertiary/aromatic N) is 2. The number of rotatable bonds is 6. The molecule has 0 spiro atoms. The highest BCUT2D eigenvalue weighted by atomic mass is 16.5. The minimum atomic E-state index is -0.525. The van der Waals surface area contributed by atoms with Crippen LogP contribution >= 0.6 is 0 Å². The Morgan fingerprint density at radius 2 is 1.61 bits per heavy atom. The number of benzene rings is 3. The summed E-state index contributed by atoms with van der Waals surface area (Å²) in [6.45, 7) is 7.79. The van der Waals surface area contributed by atoms with Crippen LogP contribution in [0.5, 0.6) is 5.75 Å². The van der Waals surface area contributed by atoms with Crippen molar-refractivity contribution in [3.8, 4) is 5.75 Å². The van der Waals surface area contributed by atoms with E-state index in [0.29, 0.717) is 18.4 Å². The molecule has 0 unspecified atom stereocenters. The third kappa shape index (κ3) is 4.67. The molecule has 38 heavy (non-hydrogen) atoms. The van der Waals surface area contributed by atoms with Crippen molar-refractivity contribution >= 4 is 28.8 Å². The first-order valence-corrected chi connectivity index (χ1v) is 13.4. The number of methoxy groups -OCH3 is 1. The van der Waals surface area contributed by atoms with Gasteiger partial charge in [0.15, 0.2) is 5.78 Å². The summed E-state index contributed by atoms with van der Waals surface area (Å²) in [6, 6.07) is 23.5. The van der Waals surface area contributed by atoms with Crippen LogP contribution in [0.1, 0.15) is 56.7 Å². The third-order valence-electron chi connectivity index (χ3n) is 7.75. The molecular weight excluding hydrogens is 474 g/mol.